The van der Waals surface area contributed by atoms with Gasteiger partial charge in [-0.25, -0.2) is 4.79 Å². The van der Waals surface area contributed by atoms with Gasteiger partial charge in [0.05, 0.1) is 0 Å². The summed E-state index contributed by atoms with van der Waals surface area (Å²) in [6, 6.07) is 14.5. The standard InChI is InChI=1S/C16H14O5/c1-11(17)20-15(13-9-5-6-10-14(13)18)16(19)21-12-7-3-2-4-8-12/h2-10,15,18H,1H3. The normalized spacial score (nSPS) is 11.5. The monoisotopic (exact) mass is 286 g/mol. The highest BCUT2D eigenvalue weighted by Crippen LogP contribution is 2.28. The van der Waals surface area contributed by atoms with Crippen LogP contribution in [0.3, 0.4) is 0 Å². The van der Waals surface area contributed by atoms with E-state index in [1.165, 1.54) is 19.1 Å². The van der Waals surface area contributed by atoms with Gasteiger partial charge in [-0.15, -0.1) is 0 Å². The minimum atomic E-state index is -1.32. The molecule has 1 N–H and O–H groups in total. The van der Waals surface area contributed by atoms with E-state index >= 15 is 0 Å². The third-order valence-corrected chi connectivity index (χ3v) is 2.68. The number of hydrogen-bond donors (Lipinski definition) is 1. The lowest BCUT2D eigenvalue weighted by molar-refractivity contribution is -0.161. The number of aromatic hydroxyl groups is 1. The average molecular weight is 286 g/mol. The first-order chi connectivity index (χ1) is 10.1. The number of esters is 2. The molecule has 0 heterocycles. The van der Waals surface area contributed by atoms with Crippen molar-refractivity contribution in [3.8, 4) is 11.5 Å². The molecule has 0 aliphatic heterocycles. The number of rotatable bonds is 4. The van der Waals surface area contributed by atoms with Crippen molar-refractivity contribution in [1.82, 2.24) is 0 Å². The minimum absolute atomic E-state index is 0.145. The molecule has 108 valence electrons. The summed E-state index contributed by atoms with van der Waals surface area (Å²) in [5.41, 5.74) is 0.175. The molecule has 0 aliphatic rings. The van der Waals surface area contributed by atoms with Gasteiger partial charge in [-0.1, -0.05) is 36.4 Å². The summed E-state index contributed by atoms with van der Waals surface area (Å²) in [6.07, 6.45) is -1.32. The molecule has 0 aromatic heterocycles. The Morgan fingerprint density at radius 1 is 1.00 bits per heavy atom. The summed E-state index contributed by atoms with van der Waals surface area (Å²) in [5.74, 6) is -1.24. The Bertz CT molecular complexity index is 636. The van der Waals surface area contributed by atoms with Crippen LogP contribution in [0.2, 0.25) is 0 Å². The number of phenolic OH excluding ortho intramolecular Hbond substituents is 1. The third-order valence-electron chi connectivity index (χ3n) is 2.68. The van der Waals surface area contributed by atoms with Crippen LogP contribution in [0.1, 0.15) is 18.6 Å². The number of para-hydroxylation sites is 2. The molecule has 0 spiro atoms. The Labute approximate surface area is 121 Å². The van der Waals surface area contributed by atoms with Crippen molar-refractivity contribution >= 4 is 11.9 Å². The van der Waals surface area contributed by atoms with E-state index in [4.69, 9.17) is 9.47 Å². The fourth-order valence-corrected chi connectivity index (χ4v) is 1.77. The van der Waals surface area contributed by atoms with Gasteiger partial charge >= 0.3 is 11.9 Å². The highest BCUT2D eigenvalue weighted by Gasteiger charge is 2.28. The third kappa shape index (κ3) is 3.82. The number of benzene rings is 2. The lowest BCUT2D eigenvalue weighted by atomic mass is 10.1. The SMILES string of the molecule is CC(=O)OC(C(=O)Oc1ccccc1)c1ccccc1O. The van der Waals surface area contributed by atoms with Gasteiger partial charge in [-0.3, -0.25) is 4.79 Å². The zero-order valence-corrected chi connectivity index (χ0v) is 11.4. The van der Waals surface area contributed by atoms with Crippen LogP contribution in [0.4, 0.5) is 0 Å². The van der Waals surface area contributed by atoms with Crippen LogP contribution in [0.15, 0.2) is 54.6 Å². The van der Waals surface area contributed by atoms with Gasteiger partial charge in [0.2, 0.25) is 6.10 Å². The Hall–Kier alpha value is -2.82. The smallest absolute Gasteiger partial charge is 0.357 e. The van der Waals surface area contributed by atoms with Gasteiger partial charge < -0.3 is 14.6 Å². The Morgan fingerprint density at radius 2 is 1.62 bits per heavy atom. The van der Waals surface area contributed by atoms with E-state index in [1.807, 2.05) is 0 Å². The van der Waals surface area contributed by atoms with Gasteiger partial charge in [0, 0.05) is 12.5 Å². The van der Waals surface area contributed by atoms with Gasteiger partial charge in [0.25, 0.3) is 0 Å². The second-order valence-corrected chi connectivity index (χ2v) is 4.28. The highest BCUT2D eigenvalue weighted by molar-refractivity contribution is 5.82. The van der Waals surface area contributed by atoms with Crippen molar-refractivity contribution in [3.05, 3.63) is 60.2 Å². The fraction of sp³-hybridized carbons (Fsp3) is 0.125. The highest BCUT2D eigenvalue weighted by atomic mass is 16.6. The van der Waals surface area contributed by atoms with Crippen LogP contribution < -0.4 is 4.74 Å². The molecule has 21 heavy (non-hydrogen) atoms. The molecule has 0 saturated carbocycles. The Morgan fingerprint density at radius 3 is 2.24 bits per heavy atom. The van der Waals surface area contributed by atoms with Crippen LogP contribution in [-0.2, 0) is 14.3 Å². The van der Waals surface area contributed by atoms with Gasteiger partial charge in [0.1, 0.15) is 11.5 Å². The molecule has 0 bridgehead atoms. The van der Waals surface area contributed by atoms with E-state index in [1.54, 1.807) is 42.5 Å². The molecule has 1 unspecified atom stereocenters. The van der Waals surface area contributed by atoms with Crippen molar-refractivity contribution in [2.24, 2.45) is 0 Å². The summed E-state index contributed by atoms with van der Waals surface area (Å²) in [4.78, 5) is 23.4. The molecule has 0 saturated heterocycles. The fourth-order valence-electron chi connectivity index (χ4n) is 1.77. The second-order valence-electron chi connectivity index (χ2n) is 4.28. The summed E-state index contributed by atoms with van der Waals surface area (Å²) in [7, 11) is 0. The maximum atomic E-state index is 12.2. The molecule has 0 radical (unpaired) electrons. The van der Waals surface area contributed by atoms with E-state index in [-0.39, 0.29) is 11.3 Å². The zero-order chi connectivity index (χ0) is 15.2. The predicted octanol–water partition coefficient (Wildman–Crippen LogP) is 2.60. The van der Waals surface area contributed by atoms with E-state index < -0.39 is 18.0 Å². The molecule has 2 aromatic rings. The summed E-state index contributed by atoms with van der Waals surface area (Å²) < 4.78 is 10.1. The molecule has 1 atom stereocenters. The zero-order valence-electron chi connectivity index (χ0n) is 11.4. The van der Waals surface area contributed by atoms with Crippen LogP contribution in [0.25, 0.3) is 0 Å². The van der Waals surface area contributed by atoms with Crippen LogP contribution in [-0.4, -0.2) is 17.0 Å². The van der Waals surface area contributed by atoms with Crippen LogP contribution in [0.5, 0.6) is 11.5 Å². The predicted molar refractivity (Wildman–Crippen MR) is 74.7 cm³/mol. The maximum Gasteiger partial charge on any atom is 0.357 e. The molecular weight excluding hydrogens is 272 g/mol. The first kappa shape index (κ1) is 14.6. The van der Waals surface area contributed by atoms with E-state index in [2.05, 4.69) is 0 Å². The molecule has 0 aliphatic carbocycles. The summed E-state index contributed by atoms with van der Waals surface area (Å²) >= 11 is 0. The van der Waals surface area contributed by atoms with Gasteiger partial charge in [0.15, 0.2) is 0 Å². The maximum absolute atomic E-state index is 12.2. The largest absolute Gasteiger partial charge is 0.508 e. The number of phenols is 1. The molecular formula is C16H14O5. The topological polar surface area (TPSA) is 72.8 Å². The van der Waals surface area contributed by atoms with Gasteiger partial charge in [-0.2, -0.15) is 0 Å². The average Bonchev–Trinajstić information content (AvgIpc) is 2.46. The van der Waals surface area contributed by atoms with E-state index in [0.29, 0.717) is 5.75 Å². The van der Waals surface area contributed by atoms with E-state index in [0.717, 1.165) is 0 Å². The molecule has 0 fully saturated rings. The summed E-state index contributed by atoms with van der Waals surface area (Å²) in [5, 5.41) is 9.81. The van der Waals surface area contributed by atoms with Gasteiger partial charge in [-0.05, 0) is 18.2 Å². The summed E-state index contributed by atoms with van der Waals surface area (Å²) in [6.45, 7) is 1.18. The second kappa shape index (κ2) is 6.56. The van der Waals surface area contributed by atoms with E-state index in [9.17, 15) is 14.7 Å². The first-order valence-corrected chi connectivity index (χ1v) is 6.30. The molecule has 2 rings (SSSR count). The number of ether oxygens (including phenoxy) is 2. The van der Waals surface area contributed by atoms with Crippen molar-refractivity contribution in [3.63, 3.8) is 0 Å². The lowest BCUT2D eigenvalue weighted by Crippen LogP contribution is -2.23. The molecule has 0 amide bonds. The Balaban J connectivity index is 2.26. The lowest BCUT2D eigenvalue weighted by Gasteiger charge is -2.17. The quantitative estimate of drug-likeness (QED) is 0.691. The number of hydrogen-bond acceptors (Lipinski definition) is 5. The molecule has 5 nitrogen and oxygen atoms in total. The van der Waals surface area contributed by atoms with Crippen molar-refractivity contribution in [2.45, 2.75) is 13.0 Å². The number of carbonyl (C=O) groups is 2. The molecule has 2 aromatic carbocycles. The molecule has 5 heteroatoms. The first-order valence-electron chi connectivity index (χ1n) is 6.30. The van der Waals surface area contributed by atoms with Crippen molar-refractivity contribution in [2.75, 3.05) is 0 Å². The minimum Gasteiger partial charge on any atom is -0.508 e. The van der Waals surface area contributed by atoms with Crippen molar-refractivity contribution < 1.29 is 24.2 Å². The Kier molecular flexibility index (Phi) is 4.56. The van der Waals surface area contributed by atoms with Crippen molar-refractivity contribution in [1.29, 1.82) is 0 Å². The number of carbonyl (C=O) groups excluding carboxylic acids is 2. The van der Waals surface area contributed by atoms with Crippen LogP contribution in [0, 0.1) is 0 Å². The van der Waals surface area contributed by atoms with Crippen LogP contribution >= 0.6 is 0 Å².